The lowest BCUT2D eigenvalue weighted by molar-refractivity contribution is -0.359. The van der Waals surface area contributed by atoms with Gasteiger partial charge in [0.25, 0.3) is 0 Å². The number of allylic oxidation sites excluding steroid dienone is 10. The number of hydrogen-bond donors (Lipinski definition) is 9. The molecule has 2 rings (SSSR count). The van der Waals surface area contributed by atoms with Gasteiger partial charge >= 0.3 is 0 Å². The molecule has 12 atom stereocenters. The van der Waals surface area contributed by atoms with Crippen LogP contribution in [0.5, 0.6) is 0 Å². The topological polar surface area (TPSA) is 228 Å². The maximum absolute atomic E-state index is 13.4. The van der Waals surface area contributed by atoms with E-state index in [1.165, 1.54) is 212 Å². The van der Waals surface area contributed by atoms with Gasteiger partial charge in [0, 0.05) is 6.42 Å². The standard InChI is InChI=1S/C77H141NO13/c1-3-5-7-9-11-13-15-17-19-21-23-25-27-29-31-32-33-35-36-38-40-42-44-46-48-50-52-54-56-58-60-66(81)65(64-88-76-74(87)72(85)75(68(63-80)90-76)91-77-73(86)71(84)70(83)67(62-79)89-77)78-69(82)61-59-57-55-53-51-49-47-45-43-41-39-37-34-30-28-26-24-22-20-18-16-14-12-10-8-6-4-2/h6,8,12,14,18,20,24,26,30,34,65-68,70-77,79-81,83-87H,3-5,7,9-11,13,15-17,19,21-23,25,27-29,31-33,35-64H2,1-2H3,(H,78,82)/b8-6-,14-12-,20-18-,26-24-,34-30-. The number of hydrogen-bond acceptors (Lipinski definition) is 13. The summed E-state index contributed by atoms with van der Waals surface area (Å²) in [7, 11) is 0. The Balaban J connectivity index is 1.64. The molecule has 0 spiro atoms. The third-order valence-corrected chi connectivity index (χ3v) is 18.5. The summed E-state index contributed by atoms with van der Waals surface area (Å²) >= 11 is 0. The van der Waals surface area contributed by atoms with Crippen molar-refractivity contribution >= 4 is 5.91 Å². The van der Waals surface area contributed by atoms with Gasteiger partial charge in [-0.1, -0.05) is 325 Å². The quantitative estimate of drug-likeness (QED) is 0.0204. The van der Waals surface area contributed by atoms with Gasteiger partial charge in [-0.15, -0.1) is 0 Å². The van der Waals surface area contributed by atoms with Gasteiger partial charge in [-0.2, -0.15) is 0 Å². The minimum absolute atomic E-state index is 0.207. The molecule has 0 radical (unpaired) electrons. The molecule has 2 heterocycles. The normalized spacial score (nSPS) is 23.1. The van der Waals surface area contributed by atoms with E-state index in [1.54, 1.807) is 0 Å². The number of nitrogens with one attached hydrogen (secondary N) is 1. The highest BCUT2D eigenvalue weighted by Gasteiger charge is 2.51. The number of ether oxygens (including phenoxy) is 4. The second kappa shape index (κ2) is 61.3. The first kappa shape index (κ1) is 84.8. The van der Waals surface area contributed by atoms with E-state index in [1.807, 2.05) is 0 Å². The molecule has 2 fully saturated rings. The molecule has 532 valence electrons. The molecule has 14 heteroatoms. The Bertz CT molecular complexity index is 1760. The Morgan fingerprint density at radius 3 is 1.16 bits per heavy atom. The average Bonchev–Trinajstić information content (AvgIpc) is 1.07. The van der Waals surface area contributed by atoms with Gasteiger partial charge < -0.3 is 65.1 Å². The lowest BCUT2D eigenvalue weighted by atomic mass is 9.97. The predicted octanol–water partition coefficient (Wildman–Crippen LogP) is 16.4. The molecule has 0 saturated carbocycles. The van der Waals surface area contributed by atoms with Crippen molar-refractivity contribution in [3.63, 3.8) is 0 Å². The van der Waals surface area contributed by atoms with Gasteiger partial charge in [0.05, 0.1) is 32.0 Å². The van der Waals surface area contributed by atoms with Crippen molar-refractivity contribution < 1.29 is 64.6 Å². The van der Waals surface area contributed by atoms with E-state index in [2.05, 4.69) is 79.9 Å². The Hall–Kier alpha value is -2.31. The summed E-state index contributed by atoms with van der Waals surface area (Å²) in [6, 6.07) is -0.835. The number of unbranched alkanes of at least 4 members (excludes halogenated alkanes) is 40. The first-order valence-electron chi connectivity index (χ1n) is 38.0. The highest BCUT2D eigenvalue weighted by molar-refractivity contribution is 5.76. The van der Waals surface area contributed by atoms with Crippen LogP contribution >= 0.6 is 0 Å². The molecule has 1 amide bonds. The molecule has 0 aromatic carbocycles. The molecule has 0 aromatic rings. The summed E-state index contributed by atoms with van der Waals surface area (Å²) < 4.78 is 23.0. The van der Waals surface area contributed by atoms with Crippen LogP contribution in [-0.4, -0.2) is 140 Å². The number of rotatable bonds is 63. The van der Waals surface area contributed by atoms with Crippen LogP contribution in [0.4, 0.5) is 0 Å². The molecule has 91 heavy (non-hydrogen) atoms. The second-order valence-electron chi connectivity index (χ2n) is 26.8. The summed E-state index contributed by atoms with van der Waals surface area (Å²) in [6.07, 6.45) is 65.3. The molecule has 2 aliphatic rings. The van der Waals surface area contributed by atoms with Gasteiger partial charge in [-0.25, -0.2) is 0 Å². The van der Waals surface area contributed by atoms with Crippen molar-refractivity contribution in [2.24, 2.45) is 0 Å². The first-order chi connectivity index (χ1) is 44.6. The molecule has 0 aromatic heterocycles. The minimum atomic E-state index is -1.79. The number of amides is 1. The molecule has 2 saturated heterocycles. The van der Waals surface area contributed by atoms with Crippen LogP contribution in [0.2, 0.25) is 0 Å². The Morgan fingerprint density at radius 2 is 0.758 bits per heavy atom. The Morgan fingerprint density at radius 1 is 0.407 bits per heavy atom. The third-order valence-electron chi connectivity index (χ3n) is 18.5. The summed E-state index contributed by atoms with van der Waals surface area (Å²) in [6.45, 7) is 2.79. The number of carbonyl (C=O) groups is 1. The van der Waals surface area contributed by atoms with Crippen molar-refractivity contribution in [2.75, 3.05) is 19.8 Å². The van der Waals surface area contributed by atoms with Crippen LogP contribution in [0.15, 0.2) is 60.8 Å². The lowest BCUT2D eigenvalue weighted by Crippen LogP contribution is -2.65. The van der Waals surface area contributed by atoms with E-state index in [9.17, 15) is 45.6 Å². The summed E-state index contributed by atoms with van der Waals surface area (Å²) in [5.41, 5.74) is 0. The van der Waals surface area contributed by atoms with E-state index in [-0.39, 0.29) is 12.5 Å². The van der Waals surface area contributed by atoms with Crippen LogP contribution in [0.25, 0.3) is 0 Å². The Kier molecular flexibility index (Phi) is 57.1. The SMILES string of the molecule is CC/C=C\C/C=C\C/C=C\C/C=C\C/C=C\CCCCCCCCCCCCCC(=O)NC(COC1OC(CO)C(OC2OC(CO)C(O)C(O)C2O)C(O)C1O)C(O)CCCCCCCCCCCCCCCCCCCCCCCCCCCCCCCC. The highest BCUT2D eigenvalue weighted by Crippen LogP contribution is 2.30. The molecular weight excluding hydrogens is 1150 g/mol. The molecule has 2 aliphatic heterocycles. The van der Waals surface area contributed by atoms with E-state index >= 15 is 0 Å². The van der Waals surface area contributed by atoms with Crippen LogP contribution in [0.1, 0.15) is 328 Å². The molecule has 0 aliphatic carbocycles. The highest BCUT2D eigenvalue weighted by atomic mass is 16.7. The lowest BCUT2D eigenvalue weighted by Gasteiger charge is -2.46. The monoisotopic (exact) mass is 1290 g/mol. The van der Waals surface area contributed by atoms with Crippen molar-refractivity contribution in [3.05, 3.63) is 60.8 Å². The van der Waals surface area contributed by atoms with Crippen LogP contribution in [0, 0.1) is 0 Å². The second-order valence-corrected chi connectivity index (χ2v) is 26.8. The van der Waals surface area contributed by atoms with Crippen LogP contribution in [0.3, 0.4) is 0 Å². The fraction of sp³-hybridized carbons (Fsp3) is 0.857. The van der Waals surface area contributed by atoms with E-state index in [4.69, 9.17) is 18.9 Å². The Labute approximate surface area is 556 Å². The van der Waals surface area contributed by atoms with Gasteiger partial charge in [0.1, 0.15) is 48.8 Å². The smallest absolute Gasteiger partial charge is 0.220 e. The fourth-order valence-corrected chi connectivity index (χ4v) is 12.5. The first-order valence-corrected chi connectivity index (χ1v) is 38.0. The van der Waals surface area contributed by atoms with Gasteiger partial charge in [0.2, 0.25) is 5.91 Å². The van der Waals surface area contributed by atoms with Gasteiger partial charge in [-0.3, -0.25) is 4.79 Å². The van der Waals surface area contributed by atoms with Crippen molar-refractivity contribution in [1.82, 2.24) is 5.32 Å². The van der Waals surface area contributed by atoms with E-state index in [0.29, 0.717) is 12.8 Å². The predicted molar refractivity (Wildman–Crippen MR) is 374 cm³/mol. The number of aliphatic hydroxyl groups is 8. The number of carbonyl (C=O) groups excluding carboxylic acids is 1. The number of aliphatic hydroxyl groups excluding tert-OH is 8. The zero-order chi connectivity index (χ0) is 65.9. The van der Waals surface area contributed by atoms with Gasteiger partial charge in [0.15, 0.2) is 12.6 Å². The van der Waals surface area contributed by atoms with Crippen molar-refractivity contribution in [3.8, 4) is 0 Å². The fourth-order valence-electron chi connectivity index (χ4n) is 12.5. The van der Waals surface area contributed by atoms with E-state index in [0.717, 1.165) is 89.9 Å². The molecule has 12 unspecified atom stereocenters. The molecular formula is C77H141NO13. The molecule has 14 nitrogen and oxygen atoms in total. The van der Waals surface area contributed by atoms with Crippen LogP contribution < -0.4 is 5.32 Å². The maximum Gasteiger partial charge on any atom is 0.220 e. The largest absolute Gasteiger partial charge is 0.394 e. The molecule has 0 bridgehead atoms. The summed E-state index contributed by atoms with van der Waals surface area (Å²) in [4.78, 5) is 13.4. The average molecular weight is 1290 g/mol. The summed E-state index contributed by atoms with van der Waals surface area (Å²) in [5.74, 6) is -0.207. The minimum Gasteiger partial charge on any atom is -0.394 e. The zero-order valence-electron chi connectivity index (χ0n) is 58.1. The summed E-state index contributed by atoms with van der Waals surface area (Å²) in [5, 5.41) is 87.8. The van der Waals surface area contributed by atoms with Crippen LogP contribution in [-0.2, 0) is 23.7 Å². The maximum atomic E-state index is 13.4. The molecule has 9 N–H and O–H groups in total. The van der Waals surface area contributed by atoms with Crippen molar-refractivity contribution in [2.45, 2.75) is 402 Å². The van der Waals surface area contributed by atoms with Crippen molar-refractivity contribution in [1.29, 1.82) is 0 Å². The van der Waals surface area contributed by atoms with E-state index < -0.39 is 86.8 Å². The van der Waals surface area contributed by atoms with Gasteiger partial charge in [-0.05, 0) is 57.8 Å². The zero-order valence-corrected chi connectivity index (χ0v) is 58.1. The third kappa shape index (κ3) is 44.9.